The zero-order valence-electron chi connectivity index (χ0n) is 23.9. The summed E-state index contributed by atoms with van der Waals surface area (Å²) in [7, 11) is 0. The lowest BCUT2D eigenvalue weighted by Gasteiger charge is -2.33. The number of nitrogens with zero attached hydrogens (tertiary/aromatic N) is 1. The number of para-hydroxylation sites is 1. The van der Waals surface area contributed by atoms with Crippen molar-refractivity contribution in [2.45, 2.75) is 83.3 Å². The van der Waals surface area contributed by atoms with Crippen LogP contribution in [-0.2, 0) is 28.0 Å². The molecule has 0 spiro atoms. The summed E-state index contributed by atoms with van der Waals surface area (Å²) in [5.41, 5.74) is 2.87. The van der Waals surface area contributed by atoms with Crippen LogP contribution in [0.25, 0.3) is 0 Å². The highest BCUT2D eigenvalue weighted by Crippen LogP contribution is 2.31. The van der Waals surface area contributed by atoms with E-state index in [4.69, 9.17) is 4.74 Å². The minimum atomic E-state index is -0.665. The van der Waals surface area contributed by atoms with Crippen molar-refractivity contribution in [2.75, 3.05) is 6.61 Å². The Balaban J connectivity index is 1.63. The lowest BCUT2D eigenvalue weighted by Crippen LogP contribution is -2.53. The Kier molecular flexibility index (Phi) is 10.4. The summed E-state index contributed by atoms with van der Waals surface area (Å²) in [5.74, 6) is 0.376. The molecule has 0 heterocycles. The van der Waals surface area contributed by atoms with Gasteiger partial charge in [-0.3, -0.25) is 9.59 Å². The molecule has 1 atom stereocenters. The van der Waals surface area contributed by atoms with Crippen LogP contribution in [0.1, 0.15) is 69.6 Å². The first kappa shape index (κ1) is 29.9. The number of rotatable bonds is 10. The van der Waals surface area contributed by atoms with Crippen LogP contribution in [0.15, 0.2) is 83.3 Å². The van der Waals surface area contributed by atoms with Gasteiger partial charge in [-0.05, 0) is 53.1 Å². The van der Waals surface area contributed by atoms with Gasteiger partial charge in [-0.25, -0.2) is 0 Å². The molecule has 3 aromatic rings. The lowest BCUT2D eigenvalue weighted by molar-refractivity contribution is -0.143. The van der Waals surface area contributed by atoms with Crippen molar-refractivity contribution in [1.29, 1.82) is 0 Å². The molecule has 3 aromatic carbocycles. The maximum absolute atomic E-state index is 14.0. The van der Waals surface area contributed by atoms with E-state index in [1.54, 1.807) is 4.90 Å². The van der Waals surface area contributed by atoms with Gasteiger partial charge in [0.25, 0.3) is 5.91 Å². The second-order valence-corrected chi connectivity index (χ2v) is 12.6. The Morgan fingerprint density at radius 2 is 1.55 bits per heavy atom. The second-order valence-electron chi connectivity index (χ2n) is 11.7. The summed E-state index contributed by atoms with van der Waals surface area (Å²) >= 11 is 3.50. The number of nitrogens with one attached hydrogen (secondary N) is 1. The molecular formula is C34H41BrN2O3. The molecule has 1 aliphatic rings. The van der Waals surface area contributed by atoms with Crippen molar-refractivity contribution in [1.82, 2.24) is 10.2 Å². The number of hydrogen-bond acceptors (Lipinski definition) is 3. The zero-order chi connectivity index (χ0) is 28.5. The van der Waals surface area contributed by atoms with Gasteiger partial charge >= 0.3 is 0 Å². The van der Waals surface area contributed by atoms with Crippen LogP contribution in [0.3, 0.4) is 0 Å². The summed E-state index contributed by atoms with van der Waals surface area (Å²) in [4.78, 5) is 29.6. The molecule has 6 heteroatoms. The number of carbonyl (C=O) groups is 2. The minimum Gasteiger partial charge on any atom is -0.483 e. The fourth-order valence-corrected chi connectivity index (χ4v) is 5.58. The molecule has 0 aromatic heterocycles. The minimum absolute atomic E-state index is 0.101. The van der Waals surface area contributed by atoms with E-state index in [1.165, 1.54) is 6.42 Å². The summed E-state index contributed by atoms with van der Waals surface area (Å²) in [6.07, 6.45) is 5.85. The van der Waals surface area contributed by atoms with Crippen molar-refractivity contribution in [3.8, 4) is 5.75 Å². The Labute approximate surface area is 247 Å². The third kappa shape index (κ3) is 8.44. The molecule has 0 aliphatic heterocycles. The first-order chi connectivity index (χ1) is 19.2. The van der Waals surface area contributed by atoms with Gasteiger partial charge in [-0.2, -0.15) is 0 Å². The van der Waals surface area contributed by atoms with Gasteiger partial charge in [0.05, 0.1) is 0 Å². The standard InChI is InChI=1S/C34H41BrN2O3/c1-34(2,3)29-16-10-11-17-31(29)40-24-32(38)37(23-26-18-20-27(35)21-19-26)30(22-25-12-6-4-7-13-25)33(39)36-28-14-8-5-9-15-28/h4,6-7,10-13,16-21,28,30H,5,8-9,14-15,22-24H2,1-3H3,(H,36,39)/t30-/m0/s1. The van der Waals surface area contributed by atoms with E-state index in [0.29, 0.717) is 18.7 Å². The number of benzene rings is 3. The third-order valence-electron chi connectivity index (χ3n) is 7.54. The van der Waals surface area contributed by atoms with Gasteiger partial charge in [0.1, 0.15) is 11.8 Å². The molecule has 40 heavy (non-hydrogen) atoms. The molecule has 1 N–H and O–H groups in total. The Morgan fingerprint density at radius 1 is 0.900 bits per heavy atom. The van der Waals surface area contributed by atoms with Crippen molar-refractivity contribution in [3.05, 3.63) is 100 Å². The van der Waals surface area contributed by atoms with E-state index < -0.39 is 6.04 Å². The number of ether oxygens (including phenoxy) is 1. The summed E-state index contributed by atoms with van der Waals surface area (Å²) in [6.45, 7) is 6.55. The van der Waals surface area contributed by atoms with E-state index in [2.05, 4.69) is 42.0 Å². The van der Waals surface area contributed by atoms with Gasteiger partial charge in [0, 0.05) is 23.5 Å². The van der Waals surface area contributed by atoms with Gasteiger partial charge in [-0.1, -0.05) is 117 Å². The first-order valence-corrected chi connectivity index (χ1v) is 15.1. The predicted molar refractivity (Wildman–Crippen MR) is 164 cm³/mol. The molecule has 4 rings (SSSR count). The quantitative estimate of drug-likeness (QED) is 0.266. The first-order valence-electron chi connectivity index (χ1n) is 14.3. The number of carbonyl (C=O) groups excluding carboxylic acids is 2. The maximum Gasteiger partial charge on any atom is 0.261 e. The highest BCUT2D eigenvalue weighted by molar-refractivity contribution is 9.10. The molecule has 212 valence electrons. The van der Waals surface area contributed by atoms with Crippen molar-refractivity contribution < 1.29 is 14.3 Å². The molecular weight excluding hydrogens is 564 g/mol. The smallest absolute Gasteiger partial charge is 0.261 e. The van der Waals surface area contributed by atoms with Crippen LogP contribution in [0.4, 0.5) is 0 Å². The number of halogens is 1. The van der Waals surface area contributed by atoms with Crippen molar-refractivity contribution in [2.24, 2.45) is 0 Å². The SMILES string of the molecule is CC(C)(C)c1ccccc1OCC(=O)N(Cc1ccc(Br)cc1)[C@@H](Cc1ccccc1)C(=O)NC1CCCCC1. The largest absolute Gasteiger partial charge is 0.483 e. The molecule has 0 saturated heterocycles. The second kappa shape index (κ2) is 14.0. The normalized spacial score (nSPS) is 14.8. The average Bonchev–Trinajstić information content (AvgIpc) is 2.95. The fraction of sp³-hybridized carbons (Fsp3) is 0.412. The van der Waals surface area contributed by atoms with Crippen LogP contribution >= 0.6 is 15.9 Å². The van der Waals surface area contributed by atoms with Gasteiger partial charge in [-0.15, -0.1) is 0 Å². The Morgan fingerprint density at radius 3 is 2.23 bits per heavy atom. The predicted octanol–water partition coefficient (Wildman–Crippen LogP) is 7.21. The van der Waals surface area contributed by atoms with Crippen LogP contribution in [0.2, 0.25) is 0 Å². The molecule has 0 unspecified atom stereocenters. The van der Waals surface area contributed by atoms with Crippen LogP contribution in [0, 0.1) is 0 Å². The lowest BCUT2D eigenvalue weighted by atomic mass is 9.86. The van der Waals surface area contributed by atoms with Crippen molar-refractivity contribution >= 4 is 27.7 Å². The highest BCUT2D eigenvalue weighted by atomic mass is 79.9. The number of hydrogen-bond donors (Lipinski definition) is 1. The molecule has 5 nitrogen and oxygen atoms in total. The Hall–Kier alpha value is -3.12. The van der Waals surface area contributed by atoms with Gasteiger partial charge in [0.15, 0.2) is 6.61 Å². The molecule has 0 bridgehead atoms. The average molecular weight is 606 g/mol. The van der Waals surface area contributed by atoms with Crippen LogP contribution in [0.5, 0.6) is 5.75 Å². The van der Waals surface area contributed by atoms with Crippen molar-refractivity contribution in [3.63, 3.8) is 0 Å². The van der Waals surface area contributed by atoms with Crippen LogP contribution < -0.4 is 10.1 Å². The van der Waals surface area contributed by atoms with Gasteiger partial charge in [0.2, 0.25) is 5.91 Å². The maximum atomic E-state index is 14.0. The molecule has 1 fully saturated rings. The monoisotopic (exact) mass is 604 g/mol. The molecule has 1 saturated carbocycles. The van der Waals surface area contributed by atoms with Crippen LogP contribution in [-0.4, -0.2) is 35.4 Å². The van der Waals surface area contributed by atoms with Gasteiger partial charge < -0.3 is 15.0 Å². The van der Waals surface area contributed by atoms with E-state index in [0.717, 1.165) is 46.8 Å². The molecule has 2 amide bonds. The van der Waals surface area contributed by atoms with E-state index >= 15 is 0 Å². The summed E-state index contributed by atoms with van der Waals surface area (Å²) < 4.78 is 7.13. The third-order valence-corrected chi connectivity index (χ3v) is 8.06. The highest BCUT2D eigenvalue weighted by Gasteiger charge is 2.32. The molecule has 0 radical (unpaired) electrons. The fourth-order valence-electron chi connectivity index (χ4n) is 5.32. The summed E-state index contributed by atoms with van der Waals surface area (Å²) in [6, 6.07) is 25.2. The van der Waals surface area contributed by atoms with E-state index in [-0.39, 0.29) is 29.9 Å². The Bertz CT molecular complexity index is 1250. The molecule has 1 aliphatic carbocycles. The summed E-state index contributed by atoms with van der Waals surface area (Å²) in [5, 5.41) is 3.29. The number of amides is 2. The topological polar surface area (TPSA) is 58.6 Å². The van der Waals surface area contributed by atoms with E-state index in [9.17, 15) is 9.59 Å². The zero-order valence-corrected chi connectivity index (χ0v) is 25.5. The van der Waals surface area contributed by atoms with E-state index in [1.807, 2.05) is 78.9 Å².